The van der Waals surface area contributed by atoms with Crippen molar-refractivity contribution in [3.8, 4) is 0 Å². The van der Waals surface area contributed by atoms with Gasteiger partial charge in [0.05, 0.1) is 18.8 Å². The molecule has 1 aromatic heterocycles. The highest BCUT2D eigenvalue weighted by Crippen LogP contribution is 2.22. The molecule has 0 saturated heterocycles. The molecule has 0 aromatic carbocycles. The third kappa shape index (κ3) is 3.64. The SMILES string of the molecule is CC1CC=C(N(C)Cc2ccco2)N(C)C(N(C)C)=NC1C. The lowest BCUT2D eigenvalue weighted by atomic mass is 9.99. The van der Waals surface area contributed by atoms with Gasteiger partial charge in [0.1, 0.15) is 11.6 Å². The summed E-state index contributed by atoms with van der Waals surface area (Å²) in [6, 6.07) is 4.25. The fourth-order valence-corrected chi connectivity index (χ4v) is 2.67. The van der Waals surface area contributed by atoms with Gasteiger partial charge in [-0.15, -0.1) is 0 Å². The zero-order valence-corrected chi connectivity index (χ0v) is 14.6. The van der Waals surface area contributed by atoms with Crippen molar-refractivity contribution >= 4 is 5.96 Å². The van der Waals surface area contributed by atoms with E-state index in [1.54, 1.807) is 6.26 Å². The maximum Gasteiger partial charge on any atom is 0.201 e. The van der Waals surface area contributed by atoms with E-state index in [-0.39, 0.29) is 0 Å². The molecule has 2 rings (SSSR count). The molecule has 22 heavy (non-hydrogen) atoms. The summed E-state index contributed by atoms with van der Waals surface area (Å²) in [6.07, 6.45) is 5.05. The third-order valence-corrected chi connectivity index (χ3v) is 4.22. The summed E-state index contributed by atoms with van der Waals surface area (Å²) in [6.45, 7) is 5.19. The van der Waals surface area contributed by atoms with Crippen molar-refractivity contribution in [1.29, 1.82) is 0 Å². The molecule has 2 atom stereocenters. The van der Waals surface area contributed by atoms with E-state index in [0.29, 0.717) is 12.0 Å². The minimum Gasteiger partial charge on any atom is -0.467 e. The van der Waals surface area contributed by atoms with Crippen LogP contribution in [-0.4, -0.2) is 54.9 Å². The predicted octanol–water partition coefficient (Wildman–Crippen LogP) is 2.83. The highest BCUT2D eigenvalue weighted by Gasteiger charge is 2.23. The van der Waals surface area contributed by atoms with Crippen LogP contribution in [0.5, 0.6) is 0 Å². The molecule has 0 spiro atoms. The fourth-order valence-electron chi connectivity index (χ4n) is 2.67. The number of hydrogen-bond acceptors (Lipinski definition) is 5. The molecular formula is C17H28N4O. The fraction of sp³-hybridized carbons (Fsp3) is 0.588. The molecule has 5 heteroatoms. The lowest BCUT2D eigenvalue weighted by Gasteiger charge is -2.36. The van der Waals surface area contributed by atoms with Crippen LogP contribution in [-0.2, 0) is 6.54 Å². The second-order valence-electron chi connectivity index (χ2n) is 6.33. The van der Waals surface area contributed by atoms with Crippen molar-refractivity contribution in [2.75, 3.05) is 28.2 Å². The molecule has 2 unspecified atom stereocenters. The quantitative estimate of drug-likeness (QED) is 0.860. The van der Waals surface area contributed by atoms with Gasteiger partial charge in [0.25, 0.3) is 0 Å². The van der Waals surface area contributed by atoms with E-state index in [1.165, 1.54) is 0 Å². The van der Waals surface area contributed by atoms with Crippen molar-refractivity contribution in [3.63, 3.8) is 0 Å². The first-order valence-electron chi connectivity index (χ1n) is 7.82. The van der Waals surface area contributed by atoms with Crippen LogP contribution in [0.1, 0.15) is 26.0 Å². The van der Waals surface area contributed by atoms with Crippen LogP contribution in [0.2, 0.25) is 0 Å². The van der Waals surface area contributed by atoms with Crippen LogP contribution in [0.3, 0.4) is 0 Å². The summed E-state index contributed by atoms with van der Waals surface area (Å²) in [5, 5.41) is 0. The Balaban J connectivity index is 2.26. The minimum absolute atomic E-state index is 0.313. The molecule has 5 nitrogen and oxygen atoms in total. The molecule has 2 heterocycles. The van der Waals surface area contributed by atoms with Crippen LogP contribution in [0.25, 0.3) is 0 Å². The van der Waals surface area contributed by atoms with Gasteiger partial charge in [-0.3, -0.25) is 0 Å². The number of hydrogen-bond donors (Lipinski definition) is 0. The van der Waals surface area contributed by atoms with E-state index in [1.807, 2.05) is 26.2 Å². The van der Waals surface area contributed by atoms with Gasteiger partial charge in [-0.2, -0.15) is 0 Å². The molecule has 0 radical (unpaired) electrons. The van der Waals surface area contributed by atoms with Crippen LogP contribution in [0.15, 0.2) is 39.7 Å². The smallest absolute Gasteiger partial charge is 0.201 e. The molecule has 1 aliphatic rings. The van der Waals surface area contributed by atoms with E-state index in [0.717, 1.165) is 30.5 Å². The Labute approximate surface area is 133 Å². The van der Waals surface area contributed by atoms with Crippen LogP contribution >= 0.6 is 0 Å². The first kappa shape index (κ1) is 16.5. The summed E-state index contributed by atoms with van der Waals surface area (Å²) in [4.78, 5) is 11.3. The predicted molar refractivity (Wildman–Crippen MR) is 90.4 cm³/mol. The number of allylic oxidation sites excluding steroid dienone is 1. The Morgan fingerprint density at radius 2 is 2.05 bits per heavy atom. The highest BCUT2D eigenvalue weighted by molar-refractivity contribution is 5.81. The van der Waals surface area contributed by atoms with Gasteiger partial charge in [-0.25, -0.2) is 4.99 Å². The average Bonchev–Trinajstić information content (AvgIpc) is 2.95. The highest BCUT2D eigenvalue weighted by atomic mass is 16.3. The van der Waals surface area contributed by atoms with Crippen LogP contribution in [0.4, 0.5) is 0 Å². The van der Waals surface area contributed by atoms with Crippen molar-refractivity contribution in [1.82, 2.24) is 14.7 Å². The van der Waals surface area contributed by atoms with Gasteiger partial charge in [-0.05, 0) is 37.5 Å². The number of aliphatic imine (C=N–C) groups is 1. The average molecular weight is 304 g/mol. The summed E-state index contributed by atoms with van der Waals surface area (Å²) < 4.78 is 5.47. The lowest BCUT2D eigenvalue weighted by Crippen LogP contribution is -2.43. The van der Waals surface area contributed by atoms with E-state index in [2.05, 4.69) is 48.7 Å². The zero-order chi connectivity index (χ0) is 16.3. The zero-order valence-electron chi connectivity index (χ0n) is 14.6. The maximum absolute atomic E-state index is 5.47. The topological polar surface area (TPSA) is 35.2 Å². The van der Waals surface area contributed by atoms with Gasteiger partial charge >= 0.3 is 0 Å². The van der Waals surface area contributed by atoms with Gasteiger partial charge in [0, 0.05) is 28.2 Å². The largest absolute Gasteiger partial charge is 0.467 e. The second-order valence-corrected chi connectivity index (χ2v) is 6.33. The second kappa shape index (κ2) is 6.90. The number of guanidine groups is 1. The van der Waals surface area contributed by atoms with E-state index >= 15 is 0 Å². The molecule has 0 N–H and O–H groups in total. The van der Waals surface area contributed by atoms with E-state index < -0.39 is 0 Å². The normalized spacial score (nSPS) is 22.5. The molecule has 0 aliphatic carbocycles. The Morgan fingerprint density at radius 1 is 1.32 bits per heavy atom. The number of nitrogens with zero attached hydrogens (tertiary/aromatic N) is 4. The van der Waals surface area contributed by atoms with Gasteiger partial charge in [0.15, 0.2) is 0 Å². The molecule has 0 bridgehead atoms. The lowest BCUT2D eigenvalue weighted by molar-refractivity contribution is 0.279. The minimum atomic E-state index is 0.313. The molecule has 1 aromatic rings. The monoisotopic (exact) mass is 304 g/mol. The standard InChI is InChI=1S/C17H28N4O/c1-13-9-10-16(20(5)12-15-8-7-11-22-15)21(6)17(19(3)4)18-14(13)2/h7-8,10-11,13-14H,9,12H2,1-6H3. The molecule has 0 fully saturated rings. The Hall–Kier alpha value is -1.91. The van der Waals surface area contributed by atoms with Gasteiger partial charge in [-0.1, -0.05) is 6.92 Å². The Kier molecular flexibility index (Phi) is 5.16. The summed E-state index contributed by atoms with van der Waals surface area (Å²) in [5.41, 5.74) is 0. The van der Waals surface area contributed by atoms with Gasteiger partial charge < -0.3 is 19.1 Å². The van der Waals surface area contributed by atoms with Crippen molar-refractivity contribution in [2.45, 2.75) is 32.9 Å². The first-order chi connectivity index (χ1) is 10.4. The molecule has 0 amide bonds. The van der Waals surface area contributed by atoms with E-state index in [9.17, 15) is 0 Å². The van der Waals surface area contributed by atoms with E-state index in [4.69, 9.17) is 9.41 Å². The molecule has 122 valence electrons. The Morgan fingerprint density at radius 3 is 2.64 bits per heavy atom. The van der Waals surface area contributed by atoms with Crippen LogP contribution < -0.4 is 0 Å². The Bertz CT molecular complexity index is 533. The molecular weight excluding hydrogens is 276 g/mol. The molecule has 0 saturated carbocycles. The van der Waals surface area contributed by atoms with Crippen molar-refractivity contribution in [2.24, 2.45) is 10.9 Å². The van der Waals surface area contributed by atoms with Crippen molar-refractivity contribution < 1.29 is 4.42 Å². The number of furan rings is 1. The number of rotatable bonds is 3. The first-order valence-corrected chi connectivity index (χ1v) is 7.82. The summed E-state index contributed by atoms with van der Waals surface area (Å²) >= 11 is 0. The molecule has 1 aliphatic heterocycles. The van der Waals surface area contributed by atoms with Crippen molar-refractivity contribution in [3.05, 3.63) is 36.1 Å². The summed E-state index contributed by atoms with van der Waals surface area (Å²) in [7, 11) is 8.25. The van der Waals surface area contributed by atoms with Gasteiger partial charge in [0.2, 0.25) is 5.96 Å². The maximum atomic E-state index is 5.47. The van der Waals surface area contributed by atoms with Crippen LogP contribution in [0, 0.1) is 5.92 Å². The third-order valence-electron chi connectivity index (χ3n) is 4.22. The summed E-state index contributed by atoms with van der Waals surface area (Å²) in [5.74, 6) is 3.62.